The Kier molecular flexibility index (Phi) is 2.59. The monoisotopic (exact) mass is 207 g/mol. The van der Waals surface area contributed by atoms with Crippen molar-refractivity contribution in [2.45, 2.75) is 39.2 Å². The van der Waals surface area contributed by atoms with Crippen molar-refractivity contribution in [3.8, 4) is 0 Å². The lowest BCUT2D eigenvalue weighted by Crippen LogP contribution is -2.50. The van der Waals surface area contributed by atoms with Crippen molar-refractivity contribution in [1.29, 1.82) is 0 Å². The zero-order valence-corrected chi connectivity index (χ0v) is 10.2. The normalized spacial score (nSPS) is 27.5. The average Bonchev–Trinajstić information content (AvgIpc) is 2.61. The van der Waals surface area contributed by atoms with Crippen LogP contribution >= 0.6 is 0 Å². The van der Waals surface area contributed by atoms with Crippen molar-refractivity contribution >= 4 is 0 Å². The number of fused-ring (bicyclic) bond motifs is 1. The van der Waals surface area contributed by atoms with Crippen LogP contribution in [0, 0.1) is 5.92 Å². The van der Waals surface area contributed by atoms with Crippen LogP contribution in [-0.2, 0) is 19.0 Å². The third-order valence-corrected chi connectivity index (χ3v) is 3.96. The highest BCUT2D eigenvalue weighted by Gasteiger charge is 2.38. The van der Waals surface area contributed by atoms with Crippen LogP contribution in [0.3, 0.4) is 0 Å². The van der Waals surface area contributed by atoms with Crippen LogP contribution in [0.5, 0.6) is 0 Å². The van der Waals surface area contributed by atoms with E-state index in [2.05, 4.69) is 42.7 Å². The van der Waals surface area contributed by atoms with Gasteiger partial charge in [0.2, 0.25) is 0 Å². The fraction of sp³-hybridized carbons (Fsp3) is 0.750. The molecule has 2 heterocycles. The van der Waals surface area contributed by atoms with Crippen LogP contribution in [0.2, 0.25) is 0 Å². The summed E-state index contributed by atoms with van der Waals surface area (Å²) in [5, 5.41) is 3.67. The zero-order valence-electron chi connectivity index (χ0n) is 10.2. The standard InChI is InChI=1S/C12H21N3/c1-5-9(2)12(3)11-10(6-7-14-12)13-8-15(11)4/h8-9,14H,5-7H2,1-4H3. The Balaban J connectivity index is 2.48. The van der Waals surface area contributed by atoms with Gasteiger partial charge in [0.25, 0.3) is 0 Å². The van der Waals surface area contributed by atoms with E-state index in [1.807, 2.05) is 6.33 Å². The Morgan fingerprint density at radius 3 is 3.07 bits per heavy atom. The van der Waals surface area contributed by atoms with Gasteiger partial charge in [0, 0.05) is 20.0 Å². The molecule has 1 N–H and O–H groups in total. The van der Waals surface area contributed by atoms with Crippen LogP contribution in [0.1, 0.15) is 38.6 Å². The minimum atomic E-state index is 0.0909. The van der Waals surface area contributed by atoms with E-state index in [0.717, 1.165) is 13.0 Å². The van der Waals surface area contributed by atoms with Crippen molar-refractivity contribution in [3.05, 3.63) is 17.7 Å². The lowest BCUT2D eigenvalue weighted by molar-refractivity contribution is 0.217. The van der Waals surface area contributed by atoms with Crippen LogP contribution < -0.4 is 5.32 Å². The number of imidazole rings is 1. The van der Waals surface area contributed by atoms with E-state index in [1.54, 1.807) is 0 Å². The van der Waals surface area contributed by atoms with Gasteiger partial charge < -0.3 is 9.88 Å². The molecule has 0 saturated carbocycles. The molecule has 0 saturated heterocycles. The molecule has 15 heavy (non-hydrogen) atoms. The van der Waals surface area contributed by atoms with Gasteiger partial charge in [0.1, 0.15) is 0 Å². The predicted octanol–water partition coefficient (Wildman–Crippen LogP) is 1.83. The Morgan fingerprint density at radius 1 is 1.67 bits per heavy atom. The van der Waals surface area contributed by atoms with E-state index < -0.39 is 0 Å². The molecule has 0 spiro atoms. The highest BCUT2D eigenvalue weighted by atomic mass is 15.1. The summed E-state index contributed by atoms with van der Waals surface area (Å²) >= 11 is 0. The summed E-state index contributed by atoms with van der Waals surface area (Å²) in [4.78, 5) is 4.49. The van der Waals surface area contributed by atoms with E-state index in [-0.39, 0.29) is 5.54 Å². The van der Waals surface area contributed by atoms with Crippen molar-refractivity contribution < 1.29 is 0 Å². The average molecular weight is 207 g/mol. The second-order valence-corrected chi connectivity index (χ2v) is 4.84. The number of aromatic nitrogens is 2. The first-order valence-corrected chi connectivity index (χ1v) is 5.85. The molecule has 0 aromatic carbocycles. The van der Waals surface area contributed by atoms with Gasteiger partial charge in [0.15, 0.2) is 0 Å². The molecule has 2 unspecified atom stereocenters. The Hall–Kier alpha value is -0.830. The molecule has 0 amide bonds. The molecule has 1 aliphatic heterocycles. The topological polar surface area (TPSA) is 29.9 Å². The minimum absolute atomic E-state index is 0.0909. The molecule has 1 aromatic rings. The smallest absolute Gasteiger partial charge is 0.0949 e. The summed E-state index contributed by atoms with van der Waals surface area (Å²) in [6.45, 7) is 7.92. The largest absolute Gasteiger partial charge is 0.336 e. The number of hydrogen-bond acceptors (Lipinski definition) is 2. The van der Waals surface area contributed by atoms with Gasteiger partial charge in [-0.15, -0.1) is 0 Å². The van der Waals surface area contributed by atoms with Gasteiger partial charge in [-0.3, -0.25) is 0 Å². The second kappa shape index (κ2) is 3.63. The maximum atomic E-state index is 4.49. The highest BCUT2D eigenvalue weighted by Crippen LogP contribution is 2.35. The van der Waals surface area contributed by atoms with Crippen molar-refractivity contribution in [2.24, 2.45) is 13.0 Å². The molecule has 0 radical (unpaired) electrons. The lowest BCUT2D eigenvalue weighted by Gasteiger charge is -2.40. The molecule has 2 atom stereocenters. The summed E-state index contributed by atoms with van der Waals surface area (Å²) in [5.41, 5.74) is 2.75. The number of hydrogen-bond donors (Lipinski definition) is 1. The molecule has 1 aliphatic rings. The summed E-state index contributed by atoms with van der Waals surface area (Å²) in [5.74, 6) is 0.631. The molecule has 0 aliphatic carbocycles. The van der Waals surface area contributed by atoms with E-state index in [4.69, 9.17) is 0 Å². The van der Waals surface area contributed by atoms with Gasteiger partial charge in [-0.1, -0.05) is 20.3 Å². The number of aryl methyl sites for hydroxylation is 1. The van der Waals surface area contributed by atoms with Gasteiger partial charge in [-0.25, -0.2) is 4.98 Å². The van der Waals surface area contributed by atoms with E-state index in [9.17, 15) is 0 Å². The molecule has 0 fully saturated rings. The molecular formula is C12H21N3. The highest BCUT2D eigenvalue weighted by molar-refractivity contribution is 5.26. The molecule has 2 rings (SSSR count). The minimum Gasteiger partial charge on any atom is -0.336 e. The summed E-state index contributed by atoms with van der Waals surface area (Å²) in [6.07, 6.45) is 4.19. The van der Waals surface area contributed by atoms with Crippen LogP contribution in [-0.4, -0.2) is 16.1 Å². The summed E-state index contributed by atoms with van der Waals surface area (Å²) in [6, 6.07) is 0. The predicted molar refractivity (Wildman–Crippen MR) is 61.7 cm³/mol. The van der Waals surface area contributed by atoms with Gasteiger partial charge in [-0.2, -0.15) is 0 Å². The Morgan fingerprint density at radius 2 is 2.40 bits per heavy atom. The molecule has 3 nitrogen and oxygen atoms in total. The van der Waals surface area contributed by atoms with Gasteiger partial charge in [-0.05, 0) is 12.8 Å². The third-order valence-electron chi connectivity index (χ3n) is 3.96. The lowest BCUT2D eigenvalue weighted by atomic mass is 9.79. The van der Waals surface area contributed by atoms with Gasteiger partial charge in [0.05, 0.1) is 23.3 Å². The molecule has 0 bridgehead atoms. The summed E-state index contributed by atoms with van der Waals surface area (Å²) < 4.78 is 2.17. The Labute approximate surface area is 91.9 Å². The quantitative estimate of drug-likeness (QED) is 0.802. The maximum absolute atomic E-state index is 4.49. The van der Waals surface area contributed by atoms with Crippen LogP contribution in [0.4, 0.5) is 0 Å². The second-order valence-electron chi connectivity index (χ2n) is 4.84. The van der Waals surface area contributed by atoms with Crippen molar-refractivity contribution in [3.63, 3.8) is 0 Å². The zero-order chi connectivity index (χ0) is 11.1. The maximum Gasteiger partial charge on any atom is 0.0949 e. The first-order valence-electron chi connectivity index (χ1n) is 5.85. The first kappa shape index (κ1) is 10.7. The van der Waals surface area contributed by atoms with Crippen molar-refractivity contribution in [2.75, 3.05) is 6.54 Å². The fourth-order valence-electron chi connectivity index (χ4n) is 2.67. The van der Waals surface area contributed by atoms with Gasteiger partial charge >= 0.3 is 0 Å². The van der Waals surface area contributed by atoms with Crippen LogP contribution in [0.25, 0.3) is 0 Å². The van der Waals surface area contributed by atoms with Crippen LogP contribution in [0.15, 0.2) is 6.33 Å². The first-order chi connectivity index (χ1) is 7.09. The molecule has 1 aromatic heterocycles. The molecule has 3 heteroatoms. The van der Waals surface area contributed by atoms with E-state index in [1.165, 1.54) is 17.8 Å². The molecular weight excluding hydrogens is 186 g/mol. The number of nitrogens with one attached hydrogen (secondary N) is 1. The number of rotatable bonds is 2. The Bertz CT molecular complexity index is 356. The van der Waals surface area contributed by atoms with E-state index >= 15 is 0 Å². The van der Waals surface area contributed by atoms with E-state index in [0.29, 0.717) is 5.92 Å². The van der Waals surface area contributed by atoms with Crippen molar-refractivity contribution in [1.82, 2.24) is 14.9 Å². The SMILES string of the molecule is CCC(C)C1(C)NCCc2ncn(C)c21. The summed E-state index contributed by atoms with van der Waals surface area (Å²) in [7, 11) is 2.10. The third kappa shape index (κ3) is 1.49. The fourth-order valence-corrected chi connectivity index (χ4v) is 2.67. The molecule has 84 valence electrons. The number of nitrogens with zero attached hydrogens (tertiary/aromatic N) is 2.